The summed E-state index contributed by atoms with van der Waals surface area (Å²) in [5.41, 5.74) is 9.52. The highest BCUT2D eigenvalue weighted by Crippen LogP contribution is 2.40. The molecule has 3 fully saturated rings. The fourth-order valence-electron chi connectivity index (χ4n) is 5.86. The Labute approximate surface area is 211 Å². The highest BCUT2D eigenvalue weighted by atomic mass is 19.1. The first-order valence-electron chi connectivity index (χ1n) is 12.9. The number of pyridine rings is 1. The van der Waals surface area contributed by atoms with Crippen molar-refractivity contribution in [3.8, 4) is 0 Å². The number of nitrogens with zero attached hydrogens (tertiary/aromatic N) is 4. The average Bonchev–Trinajstić information content (AvgIpc) is 3.50. The highest BCUT2D eigenvalue weighted by Gasteiger charge is 2.52. The second-order valence-corrected chi connectivity index (χ2v) is 10.2. The fourth-order valence-corrected chi connectivity index (χ4v) is 5.86. The Morgan fingerprint density at radius 1 is 1.17 bits per heavy atom. The van der Waals surface area contributed by atoms with Gasteiger partial charge in [-0.1, -0.05) is 25.1 Å². The molecule has 0 saturated carbocycles. The van der Waals surface area contributed by atoms with Gasteiger partial charge in [0.1, 0.15) is 11.6 Å². The van der Waals surface area contributed by atoms with E-state index >= 15 is 0 Å². The lowest BCUT2D eigenvalue weighted by atomic mass is 9.86. The van der Waals surface area contributed by atoms with Crippen molar-refractivity contribution in [1.82, 2.24) is 25.6 Å². The molecule has 2 aromatic rings. The molecule has 3 saturated heterocycles. The van der Waals surface area contributed by atoms with Gasteiger partial charge in [-0.05, 0) is 55.0 Å². The van der Waals surface area contributed by atoms with Crippen molar-refractivity contribution in [2.24, 2.45) is 0 Å². The molecule has 0 bridgehead atoms. The molecule has 36 heavy (non-hydrogen) atoms. The van der Waals surface area contributed by atoms with E-state index in [0.717, 1.165) is 30.8 Å². The summed E-state index contributed by atoms with van der Waals surface area (Å²) in [5, 5.41) is 0. The predicted octanol–water partition coefficient (Wildman–Crippen LogP) is 3.11. The van der Waals surface area contributed by atoms with Crippen LogP contribution in [-0.2, 0) is 17.8 Å². The number of aromatic nitrogens is 1. The van der Waals surface area contributed by atoms with E-state index in [-0.39, 0.29) is 17.8 Å². The van der Waals surface area contributed by atoms with Crippen molar-refractivity contribution in [2.75, 3.05) is 37.6 Å². The van der Waals surface area contributed by atoms with Crippen LogP contribution in [0.25, 0.3) is 0 Å². The second-order valence-electron chi connectivity index (χ2n) is 10.2. The molecule has 3 amide bonds. The van der Waals surface area contributed by atoms with Crippen LogP contribution in [0.2, 0.25) is 0 Å². The van der Waals surface area contributed by atoms with Crippen LogP contribution in [0.3, 0.4) is 0 Å². The number of urea groups is 1. The number of hydrazine groups is 1. The number of piperidine rings is 1. The lowest BCUT2D eigenvalue weighted by molar-refractivity contribution is -0.131. The number of carbonyl (C=O) groups is 2. The molecular formula is C27H35FN6O2. The number of carbonyl (C=O) groups excluding carboxylic acids is 2. The molecule has 0 radical (unpaired) electrons. The Morgan fingerprint density at radius 3 is 2.56 bits per heavy atom. The maximum atomic E-state index is 14.3. The van der Waals surface area contributed by atoms with Gasteiger partial charge < -0.3 is 9.80 Å². The van der Waals surface area contributed by atoms with E-state index in [1.165, 1.54) is 11.6 Å². The highest BCUT2D eigenvalue weighted by molar-refractivity contribution is 5.94. The Bertz CT molecular complexity index is 1160. The third-order valence-corrected chi connectivity index (χ3v) is 8.20. The van der Waals surface area contributed by atoms with Gasteiger partial charge in [0.15, 0.2) is 0 Å². The van der Waals surface area contributed by atoms with E-state index in [9.17, 15) is 14.0 Å². The number of benzene rings is 1. The number of likely N-dealkylation sites (tertiary alicyclic amines) is 1. The van der Waals surface area contributed by atoms with E-state index in [4.69, 9.17) is 4.98 Å². The summed E-state index contributed by atoms with van der Waals surface area (Å²) in [4.78, 5) is 36.4. The molecule has 1 spiro atoms. The number of nitrogens with one attached hydrogen (secondary N) is 2. The molecule has 0 aliphatic carbocycles. The van der Waals surface area contributed by atoms with Crippen molar-refractivity contribution in [1.29, 1.82) is 0 Å². The summed E-state index contributed by atoms with van der Waals surface area (Å²) >= 11 is 0. The van der Waals surface area contributed by atoms with Crippen LogP contribution in [0.15, 0.2) is 30.3 Å². The van der Waals surface area contributed by atoms with Crippen LogP contribution in [0.5, 0.6) is 0 Å². The first-order chi connectivity index (χ1) is 17.3. The molecule has 3 aliphatic rings. The minimum absolute atomic E-state index is 0.0549. The van der Waals surface area contributed by atoms with Gasteiger partial charge in [0.05, 0.1) is 12.1 Å². The summed E-state index contributed by atoms with van der Waals surface area (Å²) in [7, 11) is 0. The third-order valence-electron chi connectivity index (χ3n) is 8.20. The zero-order valence-electron chi connectivity index (χ0n) is 21.3. The number of halogens is 1. The average molecular weight is 495 g/mol. The molecule has 2 N–H and O–H groups in total. The molecule has 1 aromatic heterocycles. The molecule has 0 atom stereocenters. The van der Waals surface area contributed by atoms with Crippen LogP contribution in [0, 0.1) is 12.7 Å². The molecule has 3 aliphatic heterocycles. The Balaban J connectivity index is 1.48. The largest absolute Gasteiger partial charge is 0.343 e. The zero-order valence-corrected chi connectivity index (χ0v) is 21.3. The maximum absolute atomic E-state index is 14.3. The number of aryl methyl sites for hydroxylation is 1. The van der Waals surface area contributed by atoms with E-state index in [0.29, 0.717) is 56.3 Å². The van der Waals surface area contributed by atoms with Crippen molar-refractivity contribution in [2.45, 2.75) is 58.0 Å². The van der Waals surface area contributed by atoms with Gasteiger partial charge in [-0.25, -0.2) is 14.2 Å². The minimum Gasteiger partial charge on any atom is -0.343 e. The summed E-state index contributed by atoms with van der Waals surface area (Å²) in [6.07, 6.45) is 2.15. The molecular weight excluding hydrogens is 459 g/mol. The van der Waals surface area contributed by atoms with E-state index in [1.54, 1.807) is 24.8 Å². The summed E-state index contributed by atoms with van der Waals surface area (Å²) in [6, 6.07) is 8.99. The smallest absolute Gasteiger partial charge is 0.326 e. The Kier molecular flexibility index (Phi) is 6.70. The van der Waals surface area contributed by atoms with Gasteiger partial charge in [0.2, 0.25) is 5.91 Å². The normalized spacial score (nSPS) is 20.1. The van der Waals surface area contributed by atoms with Gasteiger partial charge in [-0.3, -0.25) is 20.5 Å². The van der Waals surface area contributed by atoms with Gasteiger partial charge in [-0.2, -0.15) is 0 Å². The molecule has 8 nitrogen and oxygen atoms in total. The van der Waals surface area contributed by atoms with Crippen LogP contribution in [0.1, 0.15) is 55.0 Å². The van der Waals surface area contributed by atoms with Crippen LogP contribution < -0.4 is 15.8 Å². The van der Waals surface area contributed by atoms with Gasteiger partial charge in [0.25, 0.3) is 0 Å². The van der Waals surface area contributed by atoms with Crippen LogP contribution in [-0.4, -0.2) is 65.0 Å². The van der Waals surface area contributed by atoms with Crippen molar-refractivity contribution < 1.29 is 14.0 Å². The monoisotopic (exact) mass is 494 g/mol. The molecule has 1 aromatic carbocycles. The number of amides is 3. The molecule has 4 heterocycles. The standard InChI is InChI=1S/C27H35FN6O2/c1-4-24-22(21-14-29-30-15-21)8-9-25(31-24)33-17-27(10-12-32(13-11-27)19(3)35)34(26(33)36)16-20-6-5-7-23(28)18(20)2/h5-9,21,29-30H,4,10-17H2,1-3H3. The van der Waals surface area contributed by atoms with E-state index < -0.39 is 5.54 Å². The maximum Gasteiger partial charge on any atom is 0.326 e. The van der Waals surface area contributed by atoms with Gasteiger partial charge in [0, 0.05) is 51.3 Å². The lowest BCUT2D eigenvalue weighted by Gasteiger charge is -2.43. The molecule has 5 rings (SSSR count). The van der Waals surface area contributed by atoms with E-state index in [1.807, 2.05) is 21.9 Å². The van der Waals surface area contributed by atoms with Crippen molar-refractivity contribution in [3.05, 3.63) is 58.5 Å². The third kappa shape index (κ3) is 4.35. The van der Waals surface area contributed by atoms with Crippen LogP contribution in [0.4, 0.5) is 15.0 Å². The van der Waals surface area contributed by atoms with Crippen molar-refractivity contribution in [3.63, 3.8) is 0 Å². The quantitative estimate of drug-likeness (QED) is 0.668. The number of hydrogen-bond donors (Lipinski definition) is 2. The zero-order chi connectivity index (χ0) is 25.4. The predicted molar refractivity (Wildman–Crippen MR) is 136 cm³/mol. The Morgan fingerprint density at radius 2 is 1.89 bits per heavy atom. The van der Waals surface area contributed by atoms with Crippen LogP contribution >= 0.6 is 0 Å². The molecule has 192 valence electrons. The first-order valence-corrected chi connectivity index (χ1v) is 12.9. The van der Waals surface area contributed by atoms with Gasteiger partial charge >= 0.3 is 6.03 Å². The van der Waals surface area contributed by atoms with Gasteiger partial charge in [-0.15, -0.1) is 0 Å². The number of hydrogen-bond acceptors (Lipinski definition) is 5. The molecule has 0 unspecified atom stereocenters. The Hall–Kier alpha value is -3.04. The van der Waals surface area contributed by atoms with E-state index in [2.05, 4.69) is 23.8 Å². The minimum atomic E-state index is -0.437. The first kappa shape index (κ1) is 24.6. The lowest BCUT2D eigenvalue weighted by Crippen LogP contribution is -2.54. The number of anilines is 1. The summed E-state index contributed by atoms with van der Waals surface area (Å²) < 4.78 is 14.3. The summed E-state index contributed by atoms with van der Waals surface area (Å²) in [5.74, 6) is 0.799. The fraction of sp³-hybridized carbons (Fsp3) is 0.519. The number of rotatable bonds is 5. The van der Waals surface area contributed by atoms with Crippen molar-refractivity contribution >= 4 is 17.8 Å². The molecule has 9 heteroatoms. The SMILES string of the molecule is CCc1nc(N2CC3(CCN(C(C)=O)CC3)N(Cc3cccc(F)c3C)C2=O)ccc1C1CNNC1. The summed E-state index contributed by atoms with van der Waals surface area (Å²) in [6.45, 7) is 9.19. The topological polar surface area (TPSA) is 80.8 Å². The second kappa shape index (κ2) is 9.78.